The Balaban J connectivity index is 1.73. The second kappa shape index (κ2) is 6.68. The van der Waals surface area contributed by atoms with Crippen LogP contribution in [0.2, 0.25) is 5.02 Å². The summed E-state index contributed by atoms with van der Waals surface area (Å²) in [6.45, 7) is 2.35. The molecule has 1 aromatic heterocycles. The lowest BCUT2D eigenvalue weighted by atomic mass is 9.97. The summed E-state index contributed by atoms with van der Waals surface area (Å²) in [7, 11) is 1.43. The number of methoxy groups -OCH3 is 1. The molecule has 0 atom stereocenters. The third kappa shape index (κ3) is 3.54. The second-order valence-corrected chi connectivity index (χ2v) is 6.33. The van der Waals surface area contributed by atoms with Crippen molar-refractivity contribution in [3.8, 4) is 0 Å². The van der Waals surface area contributed by atoms with E-state index in [-0.39, 0.29) is 17.4 Å². The van der Waals surface area contributed by atoms with Gasteiger partial charge in [-0.3, -0.25) is 9.59 Å². The van der Waals surface area contributed by atoms with Crippen LogP contribution in [0.25, 0.3) is 10.9 Å². The molecule has 1 aliphatic heterocycles. The van der Waals surface area contributed by atoms with E-state index in [0.29, 0.717) is 28.3 Å². The number of fused-ring (bicyclic) bond motifs is 1. The first kappa shape index (κ1) is 16.0. The molecule has 0 bridgehead atoms. The average Bonchev–Trinajstić information content (AvgIpc) is 2.54. The number of aromatic nitrogens is 2. The average molecular weight is 337 g/mol. The van der Waals surface area contributed by atoms with E-state index >= 15 is 0 Å². The van der Waals surface area contributed by atoms with Crippen molar-refractivity contribution < 1.29 is 14.4 Å². The van der Waals surface area contributed by atoms with E-state index in [1.54, 1.807) is 18.2 Å². The van der Waals surface area contributed by atoms with Crippen LogP contribution in [0.5, 0.6) is 0 Å². The fourth-order valence-corrected chi connectivity index (χ4v) is 3.25. The number of ether oxygens (including phenoxy) is 1. The molecule has 7 heteroatoms. The Hall–Kier alpha value is -1.92. The van der Waals surface area contributed by atoms with Crippen LogP contribution in [-0.4, -0.2) is 36.1 Å². The van der Waals surface area contributed by atoms with Crippen LogP contribution >= 0.6 is 11.6 Å². The summed E-state index contributed by atoms with van der Waals surface area (Å²) in [6.07, 6.45) is 1.59. The van der Waals surface area contributed by atoms with Crippen LogP contribution in [0.3, 0.4) is 0 Å². The minimum absolute atomic E-state index is 0.00818. The maximum absolute atomic E-state index is 12.1. The number of hydrogen-bond donors (Lipinski definition) is 2. The van der Waals surface area contributed by atoms with Crippen LogP contribution < -0.4 is 10.5 Å². The smallest absolute Gasteiger partial charge is 0.309 e. The predicted octanol–water partition coefficient (Wildman–Crippen LogP) is 0.544. The molecule has 3 rings (SSSR count). The van der Waals surface area contributed by atoms with E-state index in [4.69, 9.17) is 16.3 Å². The monoisotopic (exact) mass is 336 g/mol. The molecular formula is C16H19ClN3O3+. The molecule has 6 nitrogen and oxygen atoms in total. The van der Waals surface area contributed by atoms with Gasteiger partial charge in [-0.05, 0) is 18.2 Å². The molecule has 2 heterocycles. The van der Waals surface area contributed by atoms with E-state index in [1.165, 1.54) is 12.0 Å². The molecule has 2 N–H and O–H groups in total. The number of rotatable bonds is 3. The number of piperidine rings is 1. The topological polar surface area (TPSA) is 76.5 Å². The quantitative estimate of drug-likeness (QED) is 0.802. The summed E-state index contributed by atoms with van der Waals surface area (Å²) >= 11 is 5.97. The van der Waals surface area contributed by atoms with Gasteiger partial charge < -0.3 is 14.6 Å². The van der Waals surface area contributed by atoms with Gasteiger partial charge in [0.05, 0.1) is 37.0 Å². The van der Waals surface area contributed by atoms with Crippen molar-refractivity contribution in [2.24, 2.45) is 5.92 Å². The van der Waals surface area contributed by atoms with Crippen molar-refractivity contribution in [3.05, 3.63) is 39.4 Å². The number of hydrogen-bond acceptors (Lipinski definition) is 4. The van der Waals surface area contributed by atoms with Gasteiger partial charge in [-0.15, -0.1) is 0 Å². The van der Waals surface area contributed by atoms with E-state index in [9.17, 15) is 9.59 Å². The number of quaternary nitrogens is 1. The van der Waals surface area contributed by atoms with E-state index in [2.05, 4.69) is 9.97 Å². The second-order valence-electron chi connectivity index (χ2n) is 5.90. The van der Waals surface area contributed by atoms with Gasteiger partial charge in [0.1, 0.15) is 6.54 Å². The number of H-pyrrole nitrogens is 1. The highest BCUT2D eigenvalue weighted by molar-refractivity contribution is 6.31. The van der Waals surface area contributed by atoms with Crippen molar-refractivity contribution in [3.63, 3.8) is 0 Å². The first-order chi connectivity index (χ1) is 11.1. The molecule has 0 spiro atoms. The summed E-state index contributed by atoms with van der Waals surface area (Å²) in [4.78, 5) is 32.3. The normalized spacial score (nSPS) is 21.3. The van der Waals surface area contributed by atoms with Gasteiger partial charge in [-0.25, -0.2) is 4.98 Å². The number of nitrogens with zero attached hydrogens (tertiary/aromatic N) is 1. The van der Waals surface area contributed by atoms with E-state index < -0.39 is 0 Å². The highest BCUT2D eigenvalue weighted by Gasteiger charge is 2.28. The molecule has 0 unspecified atom stereocenters. The zero-order chi connectivity index (χ0) is 16.4. The molecular weight excluding hydrogens is 318 g/mol. The van der Waals surface area contributed by atoms with Crippen molar-refractivity contribution in [2.45, 2.75) is 19.4 Å². The van der Waals surface area contributed by atoms with Crippen LogP contribution in [0.15, 0.2) is 23.0 Å². The van der Waals surface area contributed by atoms with Crippen LogP contribution in [0.1, 0.15) is 18.7 Å². The lowest BCUT2D eigenvalue weighted by molar-refractivity contribution is -0.920. The van der Waals surface area contributed by atoms with Crippen LogP contribution in [0.4, 0.5) is 0 Å². The Labute approximate surface area is 138 Å². The molecule has 1 saturated heterocycles. The minimum Gasteiger partial charge on any atom is -0.469 e. The third-order valence-corrected chi connectivity index (χ3v) is 4.60. The van der Waals surface area contributed by atoms with Crippen molar-refractivity contribution >= 4 is 28.5 Å². The predicted molar refractivity (Wildman–Crippen MR) is 86.5 cm³/mol. The number of aromatic amines is 1. The third-order valence-electron chi connectivity index (χ3n) is 4.36. The Morgan fingerprint density at radius 2 is 2.17 bits per heavy atom. The molecule has 0 amide bonds. The zero-order valence-corrected chi connectivity index (χ0v) is 13.7. The molecule has 2 aromatic rings. The fourth-order valence-electron chi connectivity index (χ4n) is 3.09. The Morgan fingerprint density at radius 3 is 2.87 bits per heavy atom. The van der Waals surface area contributed by atoms with E-state index in [0.717, 1.165) is 25.9 Å². The molecule has 1 aromatic carbocycles. The SMILES string of the molecule is COC(=O)C1CC[NH+](Cc2nc3cc(Cl)ccc3c(=O)[nH]2)CC1. The maximum atomic E-state index is 12.1. The molecule has 0 radical (unpaired) electrons. The highest BCUT2D eigenvalue weighted by Crippen LogP contribution is 2.14. The number of likely N-dealkylation sites (tertiary alicyclic amines) is 1. The fraction of sp³-hybridized carbons (Fsp3) is 0.438. The molecule has 23 heavy (non-hydrogen) atoms. The molecule has 1 aliphatic rings. The summed E-state index contributed by atoms with van der Waals surface area (Å²) < 4.78 is 4.80. The summed E-state index contributed by atoms with van der Waals surface area (Å²) in [5, 5.41) is 1.10. The summed E-state index contributed by atoms with van der Waals surface area (Å²) in [5.74, 6) is 0.512. The highest BCUT2D eigenvalue weighted by atomic mass is 35.5. The molecule has 1 fully saturated rings. The van der Waals surface area contributed by atoms with Gasteiger partial charge in [0.15, 0.2) is 5.82 Å². The number of carbonyl (C=O) groups excluding carboxylic acids is 1. The Morgan fingerprint density at radius 1 is 1.43 bits per heavy atom. The summed E-state index contributed by atoms with van der Waals surface area (Å²) in [6, 6.07) is 5.07. The Kier molecular flexibility index (Phi) is 4.63. The van der Waals surface area contributed by atoms with Crippen molar-refractivity contribution in [1.82, 2.24) is 9.97 Å². The molecule has 0 aliphatic carbocycles. The number of benzene rings is 1. The molecule has 0 saturated carbocycles. The minimum atomic E-state index is -0.148. The zero-order valence-electron chi connectivity index (χ0n) is 12.9. The number of carbonyl (C=O) groups is 1. The van der Waals surface area contributed by atoms with Crippen molar-refractivity contribution in [2.75, 3.05) is 20.2 Å². The number of nitrogens with one attached hydrogen (secondary N) is 2. The van der Waals surface area contributed by atoms with Gasteiger partial charge in [0.25, 0.3) is 5.56 Å². The standard InChI is InChI=1S/C16H18ClN3O3/c1-23-16(22)10-4-6-20(7-5-10)9-14-18-13-8-11(17)2-3-12(13)15(21)19-14/h2-3,8,10H,4-7,9H2,1H3,(H,18,19,21)/p+1. The largest absolute Gasteiger partial charge is 0.469 e. The summed E-state index contributed by atoms with van der Waals surface area (Å²) in [5.41, 5.74) is 0.464. The first-order valence-corrected chi connectivity index (χ1v) is 8.04. The lowest BCUT2D eigenvalue weighted by Crippen LogP contribution is -3.12. The van der Waals surface area contributed by atoms with Gasteiger partial charge in [-0.2, -0.15) is 0 Å². The van der Waals surface area contributed by atoms with Crippen LogP contribution in [-0.2, 0) is 16.1 Å². The van der Waals surface area contributed by atoms with Crippen LogP contribution in [0, 0.1) is 5.92 Å². The maximum Gasteiger partial charge on any atom is 0.309 e. The van der Waals surface area contributed by atoms with E-state index in [1.807, 2.05) is 0 Å². The van der Waals surface area contributed by atoms with Gasteiger partial charge in [0, 0.05) is 17.9 Å². The van der Waals surface area contributed by atoms with Crippen molar-refractivity contribution in [1.29, 1.82) is 0 Å². The first-order valence-electron chi connectivity index (χ1n) is 7.66. The lowest BCUT2D eigenvalue weighted by Gasteiger charge is -2.27. The van der Waals surface area contributed by atoms with Gasteiger partial charge in [-0.1, -0.05) is 11.6 Å². The number of halogens is 1. The number of esters is 1. The van der Waals surface area contributed by atoms with Gasteiger partial charge in [0.2, 0.25) is 0 Å². The molecule has 122 valence electrons. The Bertz CT molecular complexity index is 782. The van der Waals surface area contributed by atoms with Gasteiger partial charge >= 0.3 is 5.97 Å².